The summed E-state index contributed by atoms with van der Waals surface area (Å²) in [6.45, 7) is 0.921. The van der Waals surface area contributed by atoms with E-state index in [-0.39, 0.29) is 6.61 Å². The Morgan fingerprint density at radius 2 is 2.00 bits per heavy atom. The lowest BCUT2D eigenvalue weighted by Gasteiger charge is -2.12. The van der Waals surface area contributed by atoms with Crippen LogP contribution >= 0.6 is 15.9 Å². The third kappa shape index (κ3) is 4.17. The zero-order valence-electron chi connectivity index (χ0n) is 11.7. The van der Waals surface area contributed by atoms with Gasteiger partial charge in [0.25, 0.3) is 0 Å². The van der Waals surface area contributed by atoms with Crippen molar-refractivity contribution in [1.29, 1.82) is 0 Å². The van der Waals surface area contributed by atoms with E-state index in [4.69, 9.17) is 15.9 Å². The maximum absolute atomic E-state index is 5.53. The van der Waals surface area contributed by atoms with E-state index in [0.29, 0.717) is 6.54 Å². The number of hydrogen-bond acceptors (Lipinski definition) is 3. The third-order valence-corrected chi connectivity index (χ3v) is 3.54. The van der Waals surface area contributed by atoms with E-state index in [9.17, 15) is 0 Å². The summed E-state index contributed by atoms with van der Waals surface area (Å²) in [6, 6.07) is 13.7. The fourth-order valence-electron chi connectivity index (χ4n) is 1.88. The minimum absolute atomic E-state index is 0.269. The zero-order chi connectivity index (χ0) is 15.1. The largest absolute Gasteiger partial charge is 0.496 e. The first-order valence-electron chi connectivity index (χ1n) is 6.46. The maximum Gasteiger partial charge on any atom is 0.148 e. The standard InChI is InChI=1S/C17H16BrNO2/c1-3-10-21-16-7-5-4-6-13(16)12-19-14-8-9-17(20-2)15(18)11-14/h1,4-9,11,19H,10,12H2,2H3. The van der Waals surface area contributed by atoms with Crippen LogP contribution in [-0.4, -0.2) is 13.7 Å². The number of terminal acetylenes is 1. The quantitative estimate of drug-likeness (QED) is 0.800. The van der Waals surface area contributed by atoms with Gasteiger partial charge < -0.3 is 14.8 Å². The van der Waals surface area contributed by atoms with Gasteiger partial charge in [-0.25, -0.2) is 0 Å². The van der Waals surface area contributed by atoms with Gasteiger partial charge in [-0.1, -0.05) is 24.1 Å². The van der Waals surface area contributed by atoms with Gasteiger partial charge in [-0.3, -0.25) is 0 Å². The van der Waals surface area contributed by atoms with Crippen molar-refractivity contribution in [3.8, 4) is 23.8 Å². The molecule has 0 aliphatic rings. The molecule has 0 aromatic heterocycles. The van der Waals surface area contributed by atoms with Crippen molar-refractivity contribution in [2.45, 2.75) is 6.54 Å². The summed E-state index contributed by atoms with van der Waals surface area (Å²) < 4.78 is 11.7. The van der Waals surface area contributed by atoms with Gasteiger partial charge in [0, 0.05) is 17.8 Å². The molecule has 0 saturated carbocycles. The Hall–Kier alpha value is -2.12. The average Bonchev–Trinajstić information content (AvgIpc) is 2.52. The topological polar surface area (TPSA) is 30.5 Å². The number of nitrogens with one attached hydrogen (secondary N) is 1. The van der Waals surface area contributed by atoms with Crippen molar-refractivity contribution >= 4 is 21.6 Å². The molecule has 3 nitrogen and oxygen atoms in total. The first kappa shape index (κ1) is 15.3. The molecule has 108 valence electrons. The molecule has 0 saturated heterocycles. The van der Waals surface area contributed by atoms with Crippen LogP contribution in [0.3, 0.4) is 0 Å². The van der Waals surface area contributed by atoms with Gasteiger partial charge in [0.2, 0.25) is 0 Å². The highest BCUT2D eigenvalue weighted by molar-refractivity contribution is 9.10. The summed E-state index contributed by atoms with van der Waals surface area (Å²) in [7, 11) is 1.65. The third-order valence-electron chi connectivity index (χ3n) is 2.92. The molecule has 2 aromatic rings. The summed E-state index contributed by atoms with van der Waals surface area (Å²) >= 11 is 3.47. The predicted molar refractivity (Wildman–Crippen MR) is 88.8 cm³/mol. The monoisotopic (exact) mass is 345 g/mol. The molecule has 0 fully saturated rings. The lowest BCUT2D eigenvalue weighted by molar-refractivity contribution is 0.366. The van der Waals surface area contributed by atoms with E-state index in [1.165, 1.54) is 0 Å². The van der Waals surface area contributed by atoms with Crippen LogP contribution in [0, 0.1) is 12.3 Å². The fourth-order valence-corrected chi connectivity index (χ4v) is 2.42. The van der Waals surface area contributed by atoms with Crippen LogP contribution in [0.2, 0.25) is 0 Å². The van der Waals surface area contributed by atoms with Crippen LogP contribution in [0.25, 0.3) is 0 Å². The van der Waals surface area contributed by atoms with Crippen molar-refractivity contribution in [2.75, 3.05) is 19.0 Å². The second-order valence-corrected chi connectivity index (χ2v) is 5.16. The molecule has 0 radical (unpaired) electrons. The van der Waals surface area contributed by atoms with Crippen LogP contribution in [0.5, 0.6) is 11.5 Å². The first-order chi connectivity index (χ1) is 10.2. The molecule has 0 aliphatic carbocycles. The molecule has 2 aromatic carbocycles. The Balaban J connectivity index is 2.06. The second kappa shape index (κ2) is 7.61. The molecule has 2 rings (SSSR count). The van der Waals surface area contributed by atoms with E-state index in [1.807, 2.05) is 42.5 Å². The minimum Gasteiger partial charge on any atom is -0.496 e. The molecule has 4 heteroatoms. The average molecular weight is 346 g/mol. The lowest BCUT2D eigenvalue weighted by atomic mass is 10.2. The fraction of sp³-hybridized carbons (Fsp3) is 0.176. The minimum atomic E-state index is 0.269. The number of rotatable bonds is 6. The summed E-state index contributed by atoms with van der Waals surface area (Å²) in [5, 5.41) is 3.35. The molecule has 0 unspecified atom stereocenters. The molecule has 0 spiro atoms. The van der Waals surface area contributed by atoms with Gasteiger partial charge in [-0.15, -0.1) is 6.42 Å². The Morgan fingerprint density at radius 1 is 1.19 bits per heavy atom. The SMILES string of the molecule is C#CCOc1ccccc1CNc1ccc(OC)c(Br)c1. The summed E-state index contributed by atoms with van der Waals surface area (Å²) in [5.74, 6) is 4.08. The number of benzene rings is 2. The van der Waals surface area contributed by atoms with Gasteiger partial charge >= 0.3 is 0 Å². The summed E-state index contributed by atoms with van der Waals surface area (Å²) in [6.07, 6.45) is 5.23. The zero-order valence-corrected chi connectivity index (χ0v) is 13.3. The van der Waals surface area contributed by atoms with Gasteiger partial charge in [-0.2, -0.15) is 0 Å². The van der Waals surface area contributed by atoms with Crippen molar-refractivity contribution < 1.29 is 9.47 Å². The van der Waals surface area contributed by atoms with E-state index in [1.54, 1.807) is 7.11 Å². The number of halogens is 1. The normalized spacial score (nSPS) is 9.76. The molecule has 0 bridgehead atoms. The number of para-hydroxylation sites is 1. The summed E-state index contributed by atoms with van der Waals surface area (Å²) in [5.41, 5.74) is 2.05. The highest BCUT2D eigenvalue weighted by Crippen LogP contribution is 2.28. The van der Waals surface area contributed by atoms with E-state index in [0.717, 1.165) is 27.2 Å². The smallest absolute Gasteiger partial charge is 0.148 e. The van der Waals surface area contributed by atoms with Crippen LogP contribution < -0.4 is 14.8 Å². The predicted octanol–water partition coefficient (Wildman–Crippen LogP) is 4.08. The highest BCUT2D eigenvalue weighted by Gasteiger charge is 2.04. The van der Waals surface area contributed by atoms with Gasteiger partial charge in [0.15, 0.2) is 0 Å². The van der Waals surface area contributed by atoms with Crippen molar-refractivity contribution in [2.24, 2.45) is 0 Å². The van der Waals surface area contributed by atoms with Gasteiger partial charge in [0.05, 0.1) is 11.6 Å². The molecular weight excluding hydrogens is 330 g/mol. The van der Waals surface area contributed by atoms with E-state index < -0.39 is 0 Å². The maximum atomic E-state index is 5.53. The van der Waals surface area contributed by atoms with Crippen LogP contribution in [-0.2, 0) is 6.54 Å². The van der Waals surface area contributed by atoms with Crippen molar-refractivity contribution in [3.05, 3.63) is 52.5 Å². The van der Waals surface area contributed by atoms with Crippen molar-refractivity contribution in [1.82, 2.24) is 0 Å². The molecule has 1 N–H and O–H groups in total. The number of ether oxygens (including phenoxy) is 2. The van der Waals surface area contributed by atoms with E-state index >= 15 is 0 Å². The van der Waals surface area contributed by atoms with Gasteiger partial charge in [0.1, 0.15) is 18.1 Å². The highest BCUT2D eigenvalue weighted by atomic mass is 79.9. The number of anilines is 1. The molecule has 0 heterocycles. The second-order valence-electron chi connectivity index (χ2n) is 4.30. The Bertz CT molecular complexity index is 649. The Kier molecular flexibility index (Phi) is 5.53. The lowest BCUT2D eigenvalue weighted by Crippen LogP contribution is -2.03. The van der Waals surface area contributed by atoms with Crippen LogP contribution in [0.15, 0.2) is 46.9 Å². The summed E-state index contributed by atoms with van der Waals surface area (Å²) in [4.78, 5) is 0. The molecular formula is C17H16BrNO2. The molecule has 21 heavy (non-hydrogen) atoms. The van der Waals surface area contributed by atoms with Crippen LogP contribution in [0.1, 0.15) is 5.56 Å². The number of hydrogen-bond donors (Lipinski definition) is 1. The Morgan fingerprint density at radius 3 is 2.71 bits per heavy atom. The molecule has 0 atom stereocenters. The van der Waals surface area contributed by atoms with Gasteiger partial charge in [-0.05, 0) is 40.2 Å². The molecule has 0 aliphatic heterocycles. The first-order valence-corrected chi connectivity index (χ1v) is 7.25. The molecule has 0 amide bonds. The van der Waals surface area contributed by atoms with E-state index in [2.05, 4.69) is 27.2 Å². The van der Waals surface area contributed by atoms with Crippen molar-refractivity contribution in [3.63, 3.8) is 0 Å². The Labute approximate surface area is 133 Å². The number of methoxy groups -OCH3 is 1. The van der Waals surface area contributed by atoms with Crippen LogP contribution in [0.4, 0.5) is 5.69 Å².